The Balaban J connectivity index is 2.95. The van der Waals surface area contributed by atoms with Crippen molar-refractivity contribution in [3.05, 3.63) is 21.9 Å². The third-order valence-corrected chi connectivity index (χ3v) is 3.94. The fourth-order valence-electron chi connectivity index (χ4n) is 1.06. The van der Waals surface area contributed by atoms with Crippen molar-refractivity contribution in [2.24, 2.45) is 0 Å². The van der Waals surface area contributed by atoms with Gasteiger partial charge in [0.1, 0.15) is 0 Å². The van der Waals surface area contributed by atoms with Gasteiger partial charge in [-0.2, -0.15) is 8.78 Å². The SMILES string of the molecule is CC(C)(C)c1ccc(C(O)C(F)(F)Br)s1. The standard InChI is InChI=1S/C10H13BrF2OS/c1-9(2,3)7-5-4-6(15-7)8(14)10(11,12)13/h4-5,8,14H,1-3H3. The highest BCUT2D eigenvalue weighted by molar-refractivity contribution is 9.10. The van der Waals surface area contributed by atoms with Crippen LogP contribution >= 0.6 is 27.3 Å². The molecule has 0 aromatic carbocycles. The van der Waals surface area contributed by atoms with Gasteiger partial charge in [-0.25, -0.2) is 0 Å². The van der Waals surface area contributed by atoms with Crippen LogP contribution in [-0.2, 0) is 5.41 Å². The molecule has 0 aliphatic heterocycles. The van der Waals surface area contributed by atoms with Crippen LogP contribution in [0, 0.1) is 0 Å². The quantitative estimate of drug-likeness (QED) is 0.816. The van der Waals surface area contributed by atoms with Gasteiger partial charge in [0.15, 0.2) is 6.10 Å². The van der Waals surface area contributed by atoms with Crippen LogP contribution in [0.4, 0.5) is 8.78 Å². The molecule has 1 atom stereocenters. The third-order valence-electron chi connectivity index (χ3n) is 1.95. The summed E-state index contributed by atoms with van der Waals surface area (Å²) in [6.07, 6.45) is -1.78. The number of thiophene rings is 1. The van der Waals surface area contributed by atoms with E-state index in [0.29, 0.717) is 0 Å². The molecule has 1 unspecified atom stereocenters. The molecule has 0 aliphatic rings. The number of aliphatic hydroxyl groups is 1. The second kappa shape index (κ2) is 4.11. The molecular formula is C10H13BrF2OS. The largest absolute Gasteiger partial charge is 0.380 e. The van der Waals surface area contributed by atoms with Crippen molar-refractivity contribution in [2.45, 2.75) is 37.1 Å². The molecule has 0 fully saturated rings. The summed E-state index contributed by atoms with van der Waals surface area (Å²) in [6.45, 7) is 6.00. The van der Waals surface area contributed by atoms with Crippen molar-refractivity contribution in [3.63, 3.8) is 0 Å². The topological polar surface area (TPSA) is 20.2 Å². The first-order valence-electron chi connectivity index (χ1n) is 4.47. The molecule has 1 nitrogen and oxygen atoms in total. The molecule has 0 bridgehead atoms. The molecule has 0 aliphatic carbocycles. The number of halogens is 3. The number of hydrogen-bond donors (Lipinski definition) is 1. The summed E-state index contributed by atoms with van der Waals surface area (Å²) in [7, 11) is 0. The average molecular weight is 299 g/mol. The van der Waals surface area contributed by atoms with Crippen molar-refractivity contribution >= 4 is 27.3 Å². The van der Waals surface area contributed by atoms with Gasteiger partial charge in [0.2, 0.25) is 0 Å². The van der Waals surface area contributed by atoms with Gasteiger partial charge in [0, 0.05) is 9.75 Å². The smallest absolute Gasteiger partial charge is 0.331 e. The lowest BCUT2D eigenvalue weighted by Crippen LogP contribution is -2.17. The molecular weight excluding hydrogens is 286 g/mol. The molecule has 0 saturated heterocycles. The zero-order valence-corrected chi connectivity index (χ0v) is 11.1. The lowest BCUT2D eigenvalue weighted by molar-refractivity contribution is -0.0275. The molecule has 1 aromatic heterocycles. The van der Waals surface area contributed by atoms with Crippen molar-refractivity contribution in [3.8, 4) is 0 Å². The average Bonchev–Trinajstić information content (AvgIpc) is 2.47. The maximum Gasteiger partial charge on any atom is 0.331 e. The predicted molar refractivity (Wildman–Crippen MR) is 61.9 cm³/mol. The van der Waals surface area contributed by atoms with Gasteiger partial charge >= 0.3 is 4.83 Å². The molecule has 86 valence electrons. The van der Waals surface area contributed by atoms with E-state index in [1.165, 1.54) is 11.3 Å². The minimum atomic E-state index is -3.27. The molecule has 1 aromatic rings. The first kappa shape index (κ1) is 13.1. The zero-order chi connectivity index (χ0) is 11.9. The highest BCUT2D eigenvalue weighted by Crippen LogP contribution is 2.41. The Hall–Kier alpha value is -0.000000000000000194. The van der Waals surface area contributed by atoms with Crippen LogP contribution in [0.1, 0.15) is 36.6 Å². The van der Waals surface area contributed by atoms with E-state index in [9.17, 15) is 13.9 Å². The molecule has 1 heterocycles. The monoisotopic (exact) mass is 298 g/mol. The number of hydrogen-bond acceptors (Lipinski definition) is 2. The summed E-state index contributed by atoms with van der Waals surface area (Å²) in [5.41, 5.74) is -0.0791. The van der Waals surface area contributed by atoms with Crippen molar-refractivity contribution in [1.29, 1.82) is 0 Å². The second-order valence-electron chi connectivity index (χ2n) is 4.40. The van der Waals surface area contributed by atoms with Crippen LogP contribution < -0.4 is 0 Å². The Kier molecular flexibility index (Phi) is 3.58. The second-order valence-corrected chi connectivity index (χ2v) is 6.57. The normalized spacial score (nSPS) is 15.4. The van der Waals surface area contributed by atoms with Crippen LogP contribution in [0.2, 0.25) is 0 Å². The Morgan fingerprint density at radius 2 is 1.87 bits per heavy atom. The summed E-state index contributed by atoms with van der Waals surface area (Å²) in [6, 6.07) is 3.33. The molecule has 1 N–H and O–H groups in total. The summed E-state index contributed by atoms with van der Waals surface area (Å²) in [5, 5.41) is 9.35. The van der Waals surface area contributed by atoms with Gasteiger partial charge in [0.05, 0.1) is 0 Å². The van der Waals surface area contributed by atoms with E-state index in [1.807, 2.05) is 20.8 Å². The maximum atomic E-state index is 12.8. The van der Waals surface area contributed by atoms with Crippen LogP contribution in [0.3, 0.4) is 0 Å². The van der Waals surface area contributed by atoms with E-state index in [4.69, 9.17) is 0 Å². The van der Waals surface area contributed by atoms with Gasteiger partial charge in [-0.1, -0.05) is 20.8 Å². The fourth-order valence-corrected chi connectivity index (χ4v) is 2.55. The highest BCUT2D eigenvalue weighted by Gasteiger charge is 2.37. The maximum absolute atomic E-state index is 12.8. The Bertz CT molecular complexity index is 338. The Morgan fingerprint density at radius 3 is 2.20 bits per heavy atom. The molecule has 1 rings (SSSR count). The predicted octanol–water partition coefficient (Wildman–Crippen LogP) is 4.07. The summed E-state index contributed by atoms with van der Waals surface area (Å²) in [5.74, 6) is 0. The van der Waals surface area contributed by atoms with E-state index in [1.54, 1.807) is 12.1 Å². The Labute approximate surface area is 100 Å². The first-order valence-corrected chi connectivity index (χ1v) is 6.08. The van der Waals surface area contributed by atoms with E-state index < -0.39 is 10.9 Å². The lowest BCUT2D eigenvalue weighted by Gasteiger charge is -2.17. The fraction of sp³-hybridized carbons (Fsp3) is 0.600. The minimum absolute atomic E-state index is 0.0791. The highest BCUT2D eigenvalue weighted by atomic mass is 79.9. The van der Waals surface area contributed by atoms with Gasteiger partial charge in [-0.3, -0.25) is 0 Å². The van der Waals surface area contributed by atoms with Gasteiger partial charge in [-0.15, -0.1) is 11.3 Å². The molecule has 0 radical (unpaired) electrons. The van der Waals surface area contributed by atoms with Crippen LogP contribution in [0.15, 0.2) is 12.1 Å². The third kappa shape index (κ3) is 3.23. The summed E-state index contributed by atoms with van der Waals surface area (Å²) >= 11 is 3.38. The van der Waals surface area contributed by atoms with Crippen molar-refractivity contribution < 1.29 is 13.9 Å². The molecule has 0 saturated carbocycles. The van der Waals surface area contributed by atoms with Gasteiger partial charge in [-0.05, 0) is 33.5 Å². The zero-order valence-electron chi connectivity index (χ0n) is 8.72. The van der Waals surface area contributed by atoms with Crippen LogP contribution in [-0.4, -0.2) is 9.94 Å². The van der Waals surface area contributed by atoms with E-state index >= 15 is 0 Å². The number of alkyl halides is 3. The van der Waals surface area contributed by atoms with E-state index in [-0.39, 0.29) is 10.3 Å². The van der Waals surface area contributed by atoms with Crippen molar-refractivity contribution in [2.75, 3.05) is 0 Å². The first-order chi connectivity index (χ1) is 6.62. The minimum Gasteiger partial charge on any atom is -0.380 e. The van der Waals surface area contributed by atoms with Crippen LogP contribution in [0.5, 0.6) is 0 Å². The number of rotatable bonds is 2. The van der Waals surface area contributed by atoms with Gasteiger partial charge in [0.25, 0.3) is 0 Å². The van der Waals surface area contributed by atoms with Crippen LogP contribution in [0.25, 0.3) is 0 Å². The summed E-state index contributed by atoms with van der Waals surface area (Å²) in [4.78, 5) is -2.01. The van der Waals surface area contributed by atoms with E-state index in [0.717, 1.165) is 4.88 Å². The van der Waals surface area contributed by atoms with Crippen molar-refractivity contribution in [1.82, 2.24) is 0 Å². The Morgan fingerprint density at radius 1 is 1.33 bits per heavy atom. The van der Waals surface area contributed by atoms with E-state index in [2.05, 4.69) is 15.9 Å². The molecule has 5 heteroatoms. The number of aliphatic hydroxyl groups excluding tert-OH is 1. The molecule has 0 amide bonds. The lowest BCUT2D eigenvalue weighted by atomic mass is 9.95. The summed E-state index contributed by atoms with van der Waals surface area (Å²) < 4.78 is 25.6. The van der Waals surface area contributed by atoms with Gasteiger partial charge < -0.3 is 5.11 Å². The molecule has 15 heavy (non-hydrogen) atoms. The molecule has 0 spiro atoms.